The molecule has 1 aromatic heterocycles. The first-order chi connectivity index (χ1) is 18.1. The summed E-state index contributed by atoms with van der Waals surface area (Å²) in [5, 5.41) is 23.5. The van der Waals surface area contributed by atoms with Crippen molar-refractivity contribution in [2.75, 3.05) is 13.2 Å². The lowest BCUT2D eigenvalue weighted by atomic mass is 9.84. The highest BCUT2D eigenvalue weighted by Gasteiger charge is 2.44. The Morgan fingerprint density at radius 2 is 1.77 bits per heavy atom. The van der Waals surface area contributed by atoms with Crippen LogP contribution in [0, 0.1) is 17.8 Å². The molecule has 1 aliphatic heterocycles. The first kappa shape index (κ1) is 30.9. The molecule has 1 aliphatic rings. The minimum Gasteiger partial charge on any atom is -0.396 e. The summed E-state index contributed by atoms with van der Waals surface area (Å²) in [6.45, 7) is 13.2. The molecule has 3 rings (SSSR count). The van der Waals surface area contributed by atoms with E-state index in [-0.39, 0.29) is 55.4 Å². The molecule has 1 saturated heterocycles. The van der Waals surface area contributed by atoms with E-state index in [2.05, 4.69) is 10.3 Å². The lowest BCUT2D eigenvalue weighted by Crippen LogP contribution is -2.57. The minimum atomic E-state index is -0.843. The van der Waals surface area contributed by atoms with Crippen LogP contribution in [0.3, 0.4) is 0 Å². The fourth-order valence-electron chi connectivity index (χ4n) is 5.02. The van der Waals surface area contributed by atoms with E-state index in [1.165, 1.54) is 4.90 Å². The number of likely N-dealkylation sites (tertiary alicyclic amines) is 1. The molecule has 0 aliphatic carbocycles. The Bertz CT molecular complexity index is 1160. The molecule has 2 amide bonds. The number of amides is 2. The van der Waals surface area contributed by atoms with E-state index < -0.39 is 29.5 Å². The Balaban J connectivity index is 1.76. The Morgan fingerprint density at radius 3 is 2.28 bits per heavy atom. The van der Waals surface area contributed by atoms with Crippen LogP contribution in [0.2, 0.25) is 0 Å². The maximum absolute atomic E-state index is 13.8. The number of aryl methyl sites for hydroxylation is 1. The molecule has 1 aromatic carbocycles. The van der Waals surface area contributed by atoms with Crippen molar-refractivity contribution >= 4 is 28.9 Å². The van der Waals surface area contributed by atoms with Crippen LogP contribution in [0.5, 0.6) is 0 Å². The van der Waals surface area contributed by atoms with E-state index in [0.29, 0.717) is 0 Å². The number of aliphatic hydroxyl groups is 2. The van der Waals surface area contributed by atoms with Gasteiger partial charge in [-0.2, -0.15) is 0 Å². The smallest absolute Gasteiger partial charge is 0.246 e. The van der Waals surface area contributed by atoms with E-state index in [9.17, 15) is 24.6 Å². The number of benzene rings is 1. The van der Waals surface area contributed by atoms with Crippen molar-refractivity contribution in [3.8, 4) is 10.4 Å². The monoisotopic (exact) mass is 557 g/mol. The summed E-state index contributed by atoms with van der Waals surface area (Å²) in [7, 11) is 0. The van der Waals surface area contributed by atoms with Crippen LogP contribution in [-0.4, -0.2) is 69.0 Å². The van der Waals surface area contributed by atoms with Crippen LogP contribution in [0.25, 0.3) is 10.4 Å². The first-order valence-electron chi connectivity index (χ1n) is 13.5. The van der Waals surface area contributed by atoms with Crippen molar-refractivity contribution < 1.29 is 24.6 Å². The van der Waals surface area contributed by atoms with Gasteiger partial charge < -0.3 is 20.4 Å². The third-order valence-electron chi connectivity index (χ3n) is 7.10. The van der Waals surface area contributed by atoms with E-state index in [4.69, 9.17) is 0 Å². The zero-order chi connectivity index (χ0) is 29.1. The van der Waals surface area contributed by atoms with Crippen LogP contribution in [-0.2, 0) is 14.4 Å². The predicted molar refractivity (Wildman–Crippen MR) is 153 cm³/mol. The van der Waals surface area contributed by atoms with Gasteiger partial charge >= 0.3 is 0 Å². The van der Waals surface area contributed by atoms with Crippen molar-refractivity contribution in [1.82, 2.24) is 15.2 Å². The van der Waals surface area contributed by atoms with Crippen molar-refractivity contribution in [2.45, 2.75) is 91.8 Å². The van der Waals surface area contributed by atoms with Crippen molar-refractivity contribution in [3.63, 3.8) is 0 Å². The van der Waals surface area contributed by atoms with Gasteiger partial charge in [0.15, 0.2) is 5.78 Å². The maximum atomic E-state index is 13.8. The molecule has 4 atom stereocenters. The number of carbonyl (C=O) groups is 3. The van der Waals surface area contributed by atoms with Gasteiger partial charge in [0.05, 0.1) is 34.8 Å². The maximum Gasteiger partial charge on any atom is 0.246 e. The molecule has 0 saturated carbocycles. The van der Waals surface area contributed by atoms with Crippen LogP contribution < -0.4 is 5.32 Å². The van der Waals surface area contributed by atoms with Gasteiger partial charge in [-0.25, -0.2) is 4.98 Å². The van der Waals surface area contributed by atoms with Gasteiger partial charge in [-0.15, -0.1) is 11.3 Å². The molecular formula is C30H43N3O5S. The lowest BCUT2D eigenvalue weighted by molar-refractivity contribution is -0.143. The van der Waals surface area contributed by atoms with Gasteiger partial charge in [0, 0.05) is 31.7 Å². The molecule has 39 heavy (non-hydrogen) atoms. The van der Waals surface area contributed by atoms with Crippen LogP contribution in [0.4, 0.5) is 0 Å². The average molecular weight is 558 g/mol. The summed E-state index contributed by atoms with van der Waals surface area (Å²) in [6, 6.07) is 6.10. The molecule has 1 fully saturated rings. The molecule has 2 heterocycles. The van der Waals surface area contributed by atoms with Gasteiger partial charge in [-0.1, -0.05) is 65.8 Å². The summed E-state index contributed by atoms with van der Waals surface area (Å²) in [4.78, 5) is 46.8. The summed E-state index contributed by atoms with van der Waals surface area (Å²) in [5.74, 6) is -1.25. The molecule has 4 unspecified atom stereocenters. The molecule has 8 nitrogen and oxygen atoms in total. The third kappa shape index (κ3) is 7.96. The zero-order valence-electron chi connectivity index (χ0n) is 24.2. The first-order valence-corrected chi connectivity index (χ1v) is 14.4. The van der Waals surface area contributed by atoms with Gasteiger partial charge in [-0.05, 0) is 28.9 Å². The highest BCUT2D eigenvalue weighted by molar-refractivity contribution is 7.13. The third-order valence-corrected chi connectivity index (χ3v) is 8.08. The van der Waals surface area contributed by atoms with Gasteiger partial charge in [0.25, 0.3) is 0 Å². The normalized spacial score (nSPS) is 19.6. The largest absolute Gasteiger partial charge is 0.396 e. The number of hydrogen-bond acceptors (Lipinski definition) is 7. The van der Waals surface area contributed by atoms with Crippen molar-refractivity contribution in [1.29, 1.82) is 0 Å². The van der Waals surface area contributed by atoms with Crippen LogP contribution in [0.15, 0.2) is 29.8 Å². The number of ketones is 1. The summed E-state index contributed by atoms with van der Waals surface area (Å²) in [6.07, 6.45) is -0.396. The number of rotatable bonds is 9. The fraction of sp³-hybridized carbons (Fsp3) is 0.600. The average Bonchev–Trinajstić information content (AvgIpc) is 3.44. The number of carbonyl (C=O) groups excluding carboxylic acids is 3. The second-order valence-corrected chi connectivity index (χ2v) is 13.8. The Morgan fingerprint density at radius 1 is 1.13 bits per heavy atom. The molecular weight excluding hydrogens is 514 g/mol. The highest BCUT2D eigenvalue weighted by Crippen LogP contribution is 2.32. The van der Waals surface area contributed by atoms with Crippen LogP contribution in [0.1, 0.15) is 78.0 Å². The molecule has 9 heteroatoms. The summed E-state index contributed by atoms with van der Waals surface area (Å²) < 4.78 is 0. The highest BCUT2D eigenvalue weighted by atomic mass is 32.1. The van der Waals surface area contributed by atoms with Crippen molar-refractivity contribution in [3.05, 3.63) is 41.0 Å². The number of thiazole rings is 1. The number of β-amino-alcohol motifs (C(OH)–C–C–N with tert-alkyl or cyclic N) is 1. The SMILES string of the molecule is Cc1ncsc1-c1ccc(C(CO)CC(=O)C2CC(O)CN2C(=O)C(NC(=O)CC(C)(C)C)C(C)(C)C)cc1. The number of Topliss-reactive ketones (excluding diaryl/α,β-unsaturated/α-hetero) is 1. The fourth-order valence-corrected chi connectivity index (χ4v) is 5.83. The number of nitrogens with one attached hydrogen (secondary N) is 1. The van der Waals surface area contributed by atoms with Gasteiger partial charge in [0.2, 0.25) is 11.8 Å². The summed E-state index contributed by atoms with van der Waals surface area (Å²) in [5.41, 5.74) is 3.77. The van der Waals surface area contributed by atoms with Gasteiger partial charge in [-0.3, -0.25) is 14.4 Å². The number of aliphatic hydroxyl groups excluding tert-OH is 2. The van der Waals surface area contributed by atoms with Gasteiger partial charge in [0.1, 0.15) is 6.04 Å². The van der Waals surface area contributed by atoms with E-state index in [0.717, 1.165) is 21.7 Å². The molecule has 3 N–H and O–H groups in total. The molecule has 0 spiro atoms. The number of aromatic nitrogens is 1. The summed E-state index contributed by atoms with van der Waals surface area (Å²) >= 11 is 1.56. The quantitative estimate of drug-likeness (QED) is 0.427. The zero-order valence-corrected chi connectivity index (χ0v) is 25.0. The lowest BCUT2D eigenvalue weighted by Gasteiger charge is -2.36. The topological polar surface area (TPSA) is 120 Å². The van der Waals surface area contributed by atoms with Crippen LogP contribution >= 0.6 is 11.3 Å². The molecule has 0 radical (unpaired) electrons. The second-order valence-electron chi connectivity index (χ2n) is 12.9. The molecule has 0 bridgehead atoms. The second kappa shape index (κ2) is 12.3. The van der Waals surface area contributed by atoms with Crippen molar-refractivity contribution in [2.24, 2.45) is 10.8 Å². The van der Waals surface area contributed by atoms with E-state index >= 15 is 0 Å². The Kier molecular flexibility index (Phi) is 9.73. The number of nitrogens with zero attached hydrogens (tertiary/aromatic N) is 2. The Hall–Kier alpha value is -2.62. The van der Waals surface area contributed by atoms with E-state index in [1.807, 2.05) is 72.7 Å². The molecule has 2 aromatic rings. The predicted octanol–water partition coefficient (Wildman–Crippen LogP) is 4.08. The Labute approximate surface area is 235 Å². The number of hydrogen-bond donors (Lipinski definition) is 3. The van der Waals surface area contributed by atoms with E-state index in [1.54, 1.807) is 16.8 Å². The molecule has 214 valence electrons. The standard InChI is InChI=1S/C30H43N3O5S/c1-18-26(39-17-31-18)20-10-8-19(9-11-20)21(16-34)12-24(36)23-13-22(35)15-33(23)28(38)27(30(5,6)7)32-25(37)14-29(2,3)4/h8-11,17,21-23,27,34-35H,12-16H2,1-7H3,(H,32,37). The minimum absolute atomic E-state index is 0.0314.